The standard InChI is InChI=1S/C15H29N3O/c1-11-5-6-13(9-14(11)16)15(19)17-12(2)10-18-7-3-4-8-18/h11-14H,3-10,16H2,1-2H3,(H,17,19). The highest BCUT2D eigenvalue weighted by atomic mass is 16.1. The molecule has 2 aliphatic rings. The van der Waals surface area contributed by atoms with Crippen molar-refractivity contribution in [3.63, 3.8) is 0 Å². The van der Waals surface area contributed by atoms with Gasteiger partial charge in [0, 0.05) is 24.5 Å². The maximum atomic E-state index is 12.2. The van der Waals surface area contributed by atoms with Gasteiger partial charge in [-0.25, -0.2) is 0 Å². The average molecular weight is 267 g/mol. The minimum atomic E-state index is 0.132. The van der Waals surface area contributed by atoms with E-state index < -0.39 is 0 Å². The summed E-state index contributed by atoms with van der Waals surface area (Å²) in [6, 6.07) is 0.444. The monoisotopic (exact) mass is 267 g/mol. The Morgan fingerprint density at radius 1 is 1.37 bits per heavy atom. The average Bonchev–Trinajstić information content (AvgIpc) is 2.85. The third-order valence-corrected chi connectivity index (χ3v) is 4.75. The van der Waals surface area contributed by atoms with E-state index in [2.05, 4.69) is 24.1 Å². The molecule has 3 N–H and O–H groups in total. The summed E-state index contributed by atoms with van der Waals surface area (Å²) in [5.74, 6) is 0.910. The van der Waals surface area contributed by atoms with Gasteiger partial charge in [0.15, 0.2) is 0 Å². The van der Waals surface area contributed by atoms with E-state index in [0.717, 1.165) is 25.8 Å². The number of nitrogens with zero attached hydrogens (tertiary/aromatic N) is 1. The van der Waals surface area contributed by atoms with Gasteiger partial charge in [-0.3, -0.25) is 4.79 Å². The quantitative estimate of drug-likeness (QED) is 0.808. The summed E-state index contributed by atoms with van der Waals surface area (Å²) in [6.45, 7) is 7.66. The van der Waals surface area contributed by atoms with Gasteiger partial charge >= 0.3 is 0 Å². The third kappa shape index (κ3) is 4.18. The fourth-order valence-electron chi connectivity index (χ4n) is 3.35. The first-order valence-electron chi connectivity index (χ1n) is 7.84. The molecule has 0 aromatic carbocycles. The molecule has 1 saturated carbocycles. The van der Waals surface area contributed by atoms with E-state index in [0.29, 0.717) is 5.92 Å². The molecule has 0 radical (unpaired) electrons. The normalized spacial score (nSPS) is 34.2. The summed E-state index contributed by atoms with van der Waals surface area (Å²) in [4.78, 5) is 14.7. The van der Waals surface area contributed by atoms with Crippen molar-refractivity contribution in [2.45, 2.75) is 58.0 Å². The SMILES string of the molecule is CC(CN1CCCC1)NC(=O)C1CCC(C)C(N)C1. The molecule has 110 valence electrons. The van der Waals surface area contributed by atoms with Crippen LogP contribution in [-0.4, -0.2) is 42.5 Å². The number of carbonyl (C=O) groups is 1. The van der Waals surface area contributed by atoms with Crippen molar-refractivity contribution in [2.24, 2.45) is 17.6 Å². The molecule has 4 unspecified atom stereocenters. The Morgan fingerprint density at radius 3 is 2.68 bits per heavy atom. The Bertz CT molecular complexity index is 302. The van der Waals surface area contributed by atoms with Gasteiger partial charge in [-0.05, 0) is 58.0 Å². The van der Waals surface area contributed by atoms with Crippen LogP contribution in [0.4, 0.5) is 0 Å². The molecule has 19 heavy (non-hydrogen) atoms. The number of hydrogen-bond donors (Lipinski definition) is 2. The summed E-state index contributed by atoms with van der Waals surface area (Å²) >= 11 is 0. The van der Waals surface area contributed by atoms with Gasteiger partial charge in [-0.1, -0.05) is 6.92 Å². The molecule has 0 spiro atoms. The number of rotatable bonds is 4. The predicted octanol–water partition coefficient (Wildman–Crippen LogP) is 1.35. The van der Waals surface area contributed by atoms with Gasteiger partial charge in [0.05, 0.1) is 0 Å². The van der Waals surface area contributed by atoms with Crippen LogP contribution in [0.3, 0.4) is 0 Å². The largest absolute Gasteiger partial charge is 0.352 e. The Balaban J connectivity index is 1.73. The van der Waals surface area contributed by atoms with E-state index >= 15 is 0 Å². The fourth-order valence-corrected chi connectivity index (χ4v) is 3.35. The maximum Gasteiger partial charge on any atom is 0.223 e. The Kier molecular flexibility index (Phi) is 5.22. The van der Waals surface area contributed by atoms with Crippen molar-refractivity contribution >= 4 is 5.91 Å². The number of likely N-dealkylation sites (tertiary alicyclic amines) is 1. The number of carbonyl (C=O) groups excluding carboxylic acids is 1. The number of nitrogens with two attached hydrogens (primary N) is 1. The van der Waals surface area contributed by atoms with Crippen LogP contribution < -0.4 is 11.1 Å². The van der Waals surface area contributed by atoms with Gasteiger partial charge in [-0.2, -0.15) is 0 Å². The van der Waals surface area contributed by atoms with Crippen molar-refractivity contribution < 1.29 is 4.79 Å². The third-order valence-electron chi connectivity index (χ3n) is 4.75. The zero-order valence-electron chi connectivity index (χ0n) is 12.4. The second-order valence-corrected chi connectivity index (χ2v) is 6.57. The van der Waals surface area contributed by atoms with Crippen molar-refractivity contribution in [3.05, 3.63) is 0 Å². The van der Waals surface area contributed by atoms with Gasteiger partial charge in [0.2, 0.25) is 5.91 Å². The molecule has 4 nitrogen and oxygen atoms in total. The number of hydrogen-bond acceptors (Lipinski definition) is 3. The van der Waals surface area contributed by atoms with Crippen LogP contribution in [0, 0.1) is 11.8 Å². The van der Waals surface area contributed by atoms with Crippen LogP contribution >= 0.6 is 0 Å². The van der Waals surface area contributed by atoms with Gasteiger partial charge in [0.1, 0.15) is 0 Å². The zero-order chi connectivity index (χ0) is 13.8. The highest BCUT2D eigenvalue weighted by Crippen LogP contribution is 2.27. The van der Waals surface area contributed by atoms with Crippen LogP contribution in [0.25, 0.3) is 0 Å². The van der Waals surface area contributed by atoms with Gasteiger partial charge in [0.25, 0.3) is 0 Å². The molecule has 1 saturated heterocycles. The number of nitrogens with one attached hydrogen (secondary N) is 1. The van der Waals surface area contributed by atoms with Crippen molar-refractivity contribution in [1.82, 2.24) is 10.2 Å². The predicted molar refractivity (Wildman–Crippen MR) is 77.8 cm³/mol. The lowest BCUT2D eigenvalue weighted by molar-refractivity contribution is -0.127. The Labute approximate surface area is 117 Å². The Morgan fingerprint density at radius 2 is 2.05 bits per heavy atom. The Hall–Kier alpha value is -0.610. The molecule has 0 aromatic rings. The molecule has 4 atom stereocenters. The lowest BCUT2D eigenvalue weighted by Crippen LogP contribution is -2.46. The van der Waals surface area contributed by atoms with E-state index in [-0.39, 0.29) is 23.9 Å². The second kappa shape index (κ2) is 6.71. The van der Waals surface area contributed by atoms with Crippen molar-refractivity contribution in [1.29, 1.82) is 0 Å². The van der Waals surface area contributed by atoms with Gasteiger partial charge in [-0.15, -0.1) is 0 Å². The minimum Gasteiger partial charge on any atom is -0.352 e. The smallest absolute Gasteiger partial charge is 0.223 e. The molecule has 1 aliphatic carbocycles. The summed E-state index contributed by atoms with van der Waals surface area (Å²) < 4.78 is 0. The fraction of sp³-hybridized carbons (Fsp3) is 0.933. The minimum absolute atomic E-state index is 0.132. The molecular weight excluding hydrogens is 238 g/mol. The second-order valence-electron chi connectivity index (χ2n) is 6.57. The summed E-state index contributed by atoms with van der Waals surface area (Å²) in [5, 5.41) is 3.18. The molecule has 2 fully saturated rings. The van der Waals surface area contributed by atoms with Crippen LogP contribution in [0.15, 0.2) is 0 Å². The summed E-state index contributed by atoms with van der Waals surface area (Å²) in [5.41, 5.74) is 6.08. The van der Waals surface area contributed by atoms with Crippen molar-refractivity contribution in [3.8, 4) is 0 Å². The van der Waals surface area contributed by atoms with E-state index in [4.69, 9.17) is 5.73 Å². The van der Waals surface area contributed by atoms with E-state index in [1.807, 2.05) is 0 Å². The number of amides is 1. The van der Waals surface area contributed by atoms with Crippen LogP contribution in [0.2, 0.25) is 0 Å². The van der Waals surface area contributed by atoms with E-state index in [1.54, 1.807) is 0 Å². The highest BCUT2D eigenvalue weighted by molar-refractivity contribution is 5.79. The van der Waals surface area contributed by atoms with Crippen LogP contribution in [0.5, 0.6) is 0 Å². The highest BCUT2D eigenvalue weighted by Gasteiger charge is 2.30. The summed E-state index contributed by atoms with van der Waals surface area (Å²) in [7, 11) is 0. The molecule has 4 heteroatoms. The first-order chi connectivity index (χ1) is 9.06. The van der Waals surface area contributed by atoms with Crippen LogP contribution in [-0.2, 0) is 4.79 Å². The van der Waals surface area contributed by atoms with Gasteiger partial charge < -0.3 is 16.0 Å². The molecule has 1 aliphatic heterocycles. The van der Waals surface area contributed by atoms with E-state index in [9.17, 15) is 4.79 Å². The molecule has 0 bridgehead atoms. The molecule has 2 rings (SSSR count). The molecule has 1 amide bonds. The first kappa shape index (κ1) is 14.8. The molecule has 1 heterocycles. The lowest BCUT2D eigenvalue weighted by Gasteiger charge is -2.32. The van der Waals surface area contributed by atoms with E-state index in [1.165, 1.54) is 25.9 Å². The first-order valence-corrected chi connectivity index (χ1v) is 7.84. The maximum absolute atomic E-state index is 12.2. The van der Waals surface area contributed by atoms with Crippen LogP contribution in [0.1, 0.15) is 46.0 Å². The van der Waals surface area contributed by atoms with Crippen molar-refractivity contribution in [2.75, 3.05) is 19.6 Å². The lowest BCUT2D eigenvalue weighted by atomic mass is 9.79. The summed E-state index contributed by atoms with van der Waals surface area (Å²) in [6.07, 6.45) is 5.53. The topological polar surface area (TPSA) is 58.4 Å². The zero-order valence-corrected chi connectivity index (χ0v) is 12.4. The molecular formula is C15H29N3O. The molecule has 0 aromatic heterocycles.